The molecule has 0 saturated heterocycles. The lowest BCUT2D eigenvalue weighted by Gasteiger charge is -2.15. The number of hydrogen-bond donors (Lipinski definition) is 2. The van der Waals surface area contributed by atoms with Crippen molar-refractivity contribution < 1.29 is 14.7 Å². The maximum absolute atomic E-state index is 12.3. The van der Waals surface area contributed by atoms with Crippen LogP contribution in [-0.2, 0) is 0 Å². The van der Waals surface area contributed by atoms with Gasteiger partial charge in [0.15, 0.2) is 0 Å². The van der Waals surface area contributed by atoms with Crippen LogP contribution in [0.25, 0.3) is 0 Å². The second kappa shape index (κ2) is 5.65. The van der Waals surface area contributed by atoms with Crippen LogP contribution >= 0.6 is 11.3 Å². The van der Waals surface area contributed by atoms with Crippen LogP contribution in [0, 0.1) is 5.92 Å². The quantitative estimate of drug-likeness (QED) is 0.890. The minimum Gasteiger partial charge on any atom is -0.478 e. The number of hydrogen-bond acceptors (Lipinski definition) is 4. The monoisotopic (exact) mass is 302 g/mol. The molecule has 0 unspecified atom stereocenters. The smallest absolute Gasteiger partial charge is 0.335 e. The highest BCUT2D eigenvalue weighted by Crippen LogP contribution is 2.41. The minimum absolute atomic E-state index is 0.0448. The van der Waals surface area contributed by atoms with Gasteiger partial charge in [0, 0.05) is 17.1 Å². The number of rotatable bonds is 5. The summed E-state index contributed by atoms with van der Waals surface area (Å²) in [4.78, 5) is 27.4. The predicted molar refractivity (Wildman–Crippen MR) is 78.4 cm³/mol. The van der Waals surface area contributed by atoms with Crippen LogP contribution in [0.3, 0.4) is 0 Å². The first-order valence-electron chi connectivity index (χ1n) is 6.69. The molecule has 1 aromatic heterocycles. The summed E-state index contributed by atoms with van der Waals surface area (Å²) in [5.74, 6) is -0.738. The molecular formula is C15H14N2O3S. The number of nitrogens with one attached hydrogen (secondary N) is 1. The second-order valence-electron chi connectivity index (χ2n) is 5.04. The van der Waals surface area contributed by atoms with Gasteiger partial charge in [-0.25, -0.2) is 9.78 Å². The predicted octanol–water partition coefficient (Wildman–Crippen LogP) is 2.72. The van der Waals surface area contributed by atoms with Crippen LogP contribution < -0.4 is 5.32 Å². The molecule has 1 saturated carbocycles. The van der Waals surface area contributed by atoms with E-state index in [4.69, 9.17) is 5.11 Å². The van der Waals surface area contributed by atoms with E-state index in [-0.39, 0.29) is 17.5 Å². The number of aromatic carboxylic acids is 1. The Balaban J connectivity index is 1.74. The van der Waals surface area contributed by atoms with Gasteiger partial charge in [-0.15, -0.1) is 11.3 Å². The van der Waals surface area contributed by atoms with Crippen molar-refractivity contribution in [2.45, 2.75) is 18.9 Å². The van der Waals surface area contributed by atoms with E-state index in [0.717, 1.165) is 17.8 Å². The number of carbonyl (C=O) groups is 2. The van der Waals surface area contributed by atoms with Gasteiger partial charge in [-0.2, -0.15) is 0 Å². The minimum atomic E-state index is -0.999. The molecule has 1 fully saturated rings. The Hall–Kier alpha value is -2.21. The summed E-state index contributed by atoms with van der Waals surface area (Å²) in [5.41, 5.74) is 0.632. The third kappa shape index (κ3) is 3.11. The van der Waals surface area contributed by atoms with Gasteiger partial charge >= 0.3 is 5.97 Å². The molecule has 1 atom stereocenters. The number of benzene rings is 1. The Morgan fingerprint density at radius 3 is 2.43 bits per heavy atom. The lowest BCUT2D eigenvalue weighted by atomic mass is 10.1. The second-order valence-corrected chi connectivity index (χ2v) is 5.97. The molecule has 1 aromatic carbocycles. The van der Waals surface area contributed by atoms with Gasteiger partial charge in [-0.1, -0.05) is 0 Å². The molecule has 0 aliphatic heterocycles. The van der Waals surface area contributed by atoms with Crippen molar-refractivity contribution in [3.8, 4) is 0 Å². The molecule has 108 valence electrons. The van der Waals surface area contributed by atoms with Crippen molar-refractivity contribution >= 4 is 23.2 Å². The number of nitrogens with zero attached hydrogens (tertiary/aromatic N) is 1. The van der Waals surface area contributed by atoms with Gasteiger partial charge < -0.3 is 10.4 Å². The van der Waals surface area contributed by atoms with E-state index in [0.29, 0.717) is 11.5 Å². The molecule has 0 radical (unpaired) electrons. The summed E-state index contributed by atoms with van der Waals surface area (Å²) in [6.45, 7) is 0. The SMILES string of the molecule is O=C(O)c1ccc(C(=O)N[C@H](c2nccs2)C2CC2)cc1. The molecule has 1 aliphatic carbocycles. The zero-order valence-electron chi connectivity index (χ0n) is 11.2. The average molecular weight is 302 g/mol. The lowest BCUT2D eigenvalue weighted by Crippen LogP contribution is -2.29. The van der Waals surface area contributed by atoms with Gasteiger partial charge in [0.25, 0.3) is 5.91 Å². The average Bonchev–Trinajstić information content (AvgIpc) is 3.19. The molecular weight excluding hydrogens is 288 g/mol. The molecule has 0 bridgehead atoms. The van der Waals surface area contributed by atoms with E-state index >= 15 is 0 Å². The number of thiazole rings is 1. The van der Waals surface area contributed by atoms with Crippen molar-refractivity contribution in [2.75, 3.05) is 0 Å². The fraction of sp³-hybridized carbons (Fsp3) is 0.267. The van der Waals surface area contributed by atoms with Crippen LogP contribution in [0.2, 0.25) is 0 Å². The van der Waals surface area contributed by atoms with E-state index in [2.05, 4.69) is 10.3 Å². The maximum Gasteiger partial charge on any atom is 0.335 e. The summed E-state index contributed by atoms with van der Waals surface area (Å²) < 4.78 is 0. The van der Waals surface area contributed by atoms with Crippen LogP contribution in [0.5, 0.6) is 0 Å². The van der Waals surface area contributed by atoms with Crippen molar-refractivity contribution in [1.29, 1.82) is 0 Å². The Labute approximate surface area is 125 Å². The highest BCUT2D eigenvalue weighted by Gasteiger charge is 2.35. The zero-order valence-corrected chi connectivity index (χ0v) is 12.0. The first-order valence-corrected chi connectivity index (χ1v) is 7.57. The Bertz CT molecular complexity index is 648. The number of carboxylic acid groups (broad SMARTS) is 1. The Kier molecular flexibility index (Phi) is 3.70. The highest BCUT2D eigenvalue weighted by atomic mass is 32.1. The molecule has 1 heterocycles. The standard InChI is InChI=1S/C15H14N2O3S/c18-13(10-3-5-11(6-4-10)15(19)20)17-12(9-1-2-9)14-16-7-8-21-14/h3-9,12H,1-2H2,(H,17,18)(H,19,20)/t12-/m0/s1. The summed E-state index contributed by atoms with van der Waals surface area (Å²) in [6.07, 6.45) is 3.94. The van der Waals surface area contributed by atoms with Gasteiger partial charge in [0.1, 0.15) is 5.01 Å². The third-order valence-electron chi connectivity index (χ3n) is 3.49. The molecule has 0 spiro atoms. The number of carbonyl (C=O) groups excluding carboxylic acids is 1. The summed E-state index contributed by atoms with van der Waals surface area (Å²) in [5, 5.41) is 14.7. The first kappa shape index (κ1) is 13.8. The molecule has 5 nitrogen and oxygen atoms in total. The van der Waals surface area contributed by atoms with Crippen molar-refractivity contribution in [3.63, 3.8) is 0 Å². The molecule has 1 aliphatic rings. The van der Waals surface area contributed by atoms with Crippen LogP contribution in [0.1, 0.15) is 44.6 Å². The Morgan fingerprint density at radius 2 is 1.90 bits per heavy atom. The molecule has 2 N–H and O–H groups in total. The number of aromatic nitrogens is 1. The summed E-state index contributed by atoms with van der Waals surface area (Å²) in [7, 11) is 0. The lowest BCUT2D eigenvalue weighted by molar-refractivity contribution is 0.0696. The van der Waals surface area contributed by atoms with Gasteiger partial charge in [-0.3, -0.25) is 4.79 Å². The first-order chi connectivity index (χ1) is 10.1. The fourth-order valence-corrected chi connectivity index (χ4v) is 2.97. The van der Waals surface area contributed by atoms with Gasteiger partial charge in [0.05, 0.1) is 11.6 Å². The largest absolute Gasteiger partial charge is 0.478 e. The number of amides is 1. The topological polar surface area (TPSA) is 79.3 Å². The summed E-state index contributed by atoms with van der Waals surface area (Å²) in [6, 6.07) is 5.89. The van der Waals surface area contributed by atoms with E-state index in [1.54, 1.807) is 6.20 Å². The Morgan fingerprint density at radius 1 is 1.24 bits per heavy atom. The highest BCUT2D eigenvalue weighted by molar-refractivity contribution is 7.09. The maximum atomic E-state index is 12.3. The van der Waals surface area contributed by atoms with Crippen molar-refractivity contribution in [1.82, 2.24) is 10.3 Å². The van der Waals surface area contributed by atoms with E-state index in [9.17, 15) is 9.59 Å². The van der Waals surface area contributed by atoms with Gasteiger partial charge in [0.2, 0.25) is 0 Å². The molecule has 1 amide bonds. The van der Waals surface area contributed by atoms with E-state index in [1.165, 1.54) is 35.6 Å². The normalized spacial score (nSPS) is 15.4. The van der Waals surface area contributed by atoms with Crippen LogP contribution in [0.15, 0.2) is 35.8 Å². The zero-order chi connectivity index (χ0) is 14.8. The van der Waals surface area contributed by atoms with Crippen molar-refractivity contribution in [2.24, 2.45) is 5.92 Å². The van der Waals surface area contributed by atoms with Crippen LogP contribution in [-0.4, -0.2) is 22.0 Å². The van der Waals surface area contributed by atoms with E-state index < -0.39 is 5.97 Å². The molecule has 21 heavy (non-hydrogen) atoms. The van der Waals surface area contributed by atoms with E-state index in [1.807, 2.05) is 5.38 Å². The molecule has 3 rings (SSSR count). The van der Waals surface area contributed by atoms with Crippen molar-refractivity contribution in [3.05, 3.63) is 52.0 Å². The summed E-state index contributed by atoms with van der Waals surface area (Å²) >= 11 is 1.54. The fourth-order valence-electron chi connectivity index (χ4n) is 2.19. The number of carboxylic acids is 1. The van der Waals surface area contributed by atoms with Gasteiger partial charge in [-0.05, 0) is 43.0 Å². The van der Waals surface area contributed by atoms with Crippen LogP contribution in [0.4, 0.5) is 0 Å². The molecule has 6 heteroatoms. The third-order valence-corrected chi connectivity index (χ3v) is 4.35. The molecule has 2 aromatic rings.